The molecule has 0 amide bonds. The van der Waals surface area contributed by atoms with Gasteiger partial charge in [0.25, 0.3) is 0 Å². The summed E-state index contributed by atoms with van der Waals surface area (Å²) in [5.41, 5.74) is 3.40. The minimum atomic E-state index is -0.501. The maximum Gasteiger partial charge on any atom is 0.338 e. The number of benzene rings is 3. The van der Waals surface area contributed by atoms with Crippen molar-refractivity contribution in [3.63, 3.8) is 0 Å². The summed E-state index contributed by atoms with van der Waals surface area (Å²) in [6.07, 6.45) is 0.819. The van der Waals surface area contributed by atoms with Gasteiger partial charge in [-0.1, -0.05) is 60.7 Å². The average Bonchev–Trinajstić information content (AvgIpc) is 2.82. The second-order valence-corrected chi connectivity index (χ2v) is 7.89. The standard InChI is InChI=1S/C26H22O4/c27-25(17-9-3-1-4-10-17)29-23-21-15-16-22(20-14-8-7-13-19(20)21)24(23)30-26(28)18-11-5-2-6-12-18/h1-14,21-24H,15-16H2. The molecular weight excluding hydrogens is 376 g/mol. The summed E-state index contributed by atoms with van der Waals surface area (Å²) in [7, 11) is 0. The smallest absolute Gasteiger partial charge is 0.338 e. The fourth-order valence-electron chi connectivity index (χ4n) is 4.83. The number of esters is 2. The monoisotopic (exact) mass is 398 g/mol. The van der Waals surface area contributed by atoms with Crippen LogP contribution in [0, 0.1) is 0 Å². The summed E-state index contributed by atoms with van der Waals surface area (Å²) in [5, 5.41) is 0. The van der Waals surface area contributed by atoms with Crippen molar-refractivity contribution in [1.29, 1.82) is 0 Å². The molecule has 0 aliphatic heterocycles. The van der Waals surface area contributed by atoms with Crippen molar-refractivity contribution in [3.05, 3.63) is 107 Å². The zero-order valence-electron chi connectivity index (χ0n) is 16.4. The van der Waals surface area contributed by atoms with Crippen LogP contribution in [0.25, 0.3) is 0 Å². The van der Waals surface area contributed by atoms with Gasteiger partial charge >= 0.3 is 11.9 Å². The first-order chi connectivity index (χ1) is 14.7. The van der Waals surface area contributed by atoms with Crippen LogP contribution in [0.2, 0.25) is 0 Å². The maximum absolute atomic E-state index is 12.8. The second kappa shape index (κ2) is 7.79. The fourth-order valence-corrected chi connectivity index (χ4v) is 4.83. The van der Waals surface area contributed by atoms with Crippen molar-refractivity contribution in [2.75, 3.05) is 0 Å². The van der Waals surface area contributed by atoms with Crippen molar-refractivity contribution in [2.24, 2.45) is 0 Å². The molecule has 6 rings (SSSR count). The summed E-state index contributed by atoms with van der Waals surface area (Å²) in [5.74, 6) is -0.724. The molecule has 150 valence electrons. The summed E-state index contributed by atoms with van der Waals surface area (Å²) in [6.45, 7) is 0. The lowest BCUT2D eigenvalue weighted by molar-refractivity contribution is -0.0751. The highest BCUT2D eigenvalue weighted by Crippen LogP contribution is 2.51. The van der Waals surface area contributed by atoms with Gasteiger partial charge in [-0.15, -0.1) is 0 Å². The van der Waals surface area contributed by atoms with Gasteiger partial charge in [-0.25, -0.2) is 9.59 Å². The van der Waals surface area contributed by atoms with E-state index in [1.165, 1.54) is 11.1 Å². The largest absolute Gasteiger partial charge is 0.454 e. The third-order valence-corrected chi connectivity index (χ3v) is 6.21. The Morgan fingerprint density at radius 2 is 0.933 bits per heavy atom. The molecule has 4 nitrogen and oxygen atoms in total. The van der Waals surface area contributed by atoms with Gasteiger partial charge in [0.2, 0.25) is 0 Å². The molecule has 4 atom stereocenters. The van der Waals surface area contributed by atoms with E-state index >= 15 is 0 Å². The minimum absolute atomic E-state index is 0.0208. The van der Waals surface area contributed by atoms with E-state index in [2.05, 4.69) is 12.1 Å². The molecule has 3 aliphatic carbocycles. The van der Waals surface area contributed by atoms with Crippen molar-refractivity contribution in [2.45, 2.75) is 36.9 Å². The summed E-state index contributed by atoms with van der Waals surface area (Å²) in [4.78, 5) is 25.7. The van der Waals surface area contributed by atoms with E-state index in [-0.39, 0.29) is 23.8 Å². The summed E-state index contributed by atoms with van der Waals surface area (Å²) < 4.78 is 12.0. The molecule has 0 heterocycles. The predicted octanol–water partition coefficient (Wildman–Crippen LogP) is 5.11. The third-order valence-electron chi connectivity index (χ3n) is 6.21. The summed E-state index contributed by atoms with van der Waals surface area (Å²) >= 11 is 0. The van der Waals surface area contributed by atoms with Gasteiger partial charge in [-0.05, 0) is 48.2 Å². The number of rotatable bonds is 4. The van der Waals surface area contributed by atoms with E-state index in [9.17, 15) is 9.59 Å². The van der Waals surface area contributed by atoms with Crippen LogP contribution in [-0.2, 0) is 9.47 Å². The topological polar surface area (TPSA) is 52.6 Å². The van der Waals surface area contributed by atoms with E-state index < -0.39 is 12.2 Å². The molecule has 3 aromatic rings. The van der Waals surface area contributed by atoms with E-state index in [0.717, 1.165) is 12.8 Å². The van der Waals surface area contributed by atoms with Crippen LogP contribution in [0.5, 0.6) is 0 Å². The van der Waals surface area contributed by atoms with Crippen LogP contribution >= 0.6 is 0 Å². The molecule has 0 aromatic heterocycles. The lowest BCUT2D eigenvalue weighted by atomic mass is 9.64. The molecule has 0 spiro atoms. The van der Waals surface area contributed by atoms with Gasteiger partial charge in [-0.2, -0.15) is 0 Å². The van der Waals surface area contributed by atoms with E-state index in [1.54, 1.807) is 24.3 Å². The van der Waals surface area contributed by atoms with E-state index in [4.69, 9.17) is 9.47 Å². The van der Waals surface area contributed by atoms with Crippen LogP contribution in [0.4, 0.5) is 0 Å². The van der Waals surface area contributed by atoms with E-state index in [0.29, 0.717) is 11.1 Å². The first-order valence-corrected chi connectivity index (χ1v) is 10.3. The zero-order chi connectivity index (χ0) is 20.5. The Hall–Kier alpha value is -3.40. The van der Waals surface area contributed by atoms with Gasteiger partial charge in [0.1, 0.15) is 12.2 Å². The number of ether oxygens (including phenoxy) is 2. The Morgan fingerprint density at radius 1 is 0.567 bits per heavy atom. The Kier molecular flexibility index (Phi) is 4.83. The Bertz CT molecular complexity index is 974. The fraction of sp³-hybridized carbons (Fsp3) is 0.231. The molecule has 1 saturated carbocycles. The van der Waals surface area contributed by atoms with Crippen LogP contribution < -0.4 is 0 Å². The quantitative estimate of drug-likeness (QED) is 0.573. The maximum atomic E-state index is 12.8. The SMILES string of the molecule is O=C(OC1C2CCC(c3ccccc32)C1OC(=O)c1ccccc1)c1ccccc1. The molecule has 2 bridgehead atoms. The number of fused-ring (bicyclic) bond motifs is 2. The lowest BCUT2D eigenvalue weighted by Crippen LogP contribution is -2.50. The van der Waals surface area contributed by atoms with Crippen molar-refractivity contribution in [3.8, 4) is 0 Å². The van der Waals surface area contributed by atoms with Crippen LogP contribution in [-0.4, -0.2) is 24.1 Å². The van der Waals surface area contributed by atoms with Gasteiger partial charge in [-0.3, -0.25) is 0 Å². The molecule has 0 radical (unpaired) electrons. The normalized spacial score (nSPS) is 24.0. The molecule has 30 heavy (non-hydrogen) atoms. The van der Waals surface area contributed by atoms with Gasteiger partial charge in [0, 0.05) is 11.8 Å². The van der Waals surface area contributed by atoms with Crippen LogP contribution in [0.15, 0.2) is 84.9 Å². The molecule has 3 aromatic carbocycles. The highest BCUT2D eigenvalue weighted by Gasteiger charge is 2.51. The lowest BCUT2D eigenvalue weighted by Gasteiger charge is -2.47. The van der Waals surface area contributed by atoms with E-state index in [1.807, 2.05) is 48.5 Å². The van der Waals surface area contributed by atoms with Crippen molar-refractivity contribution in [1.82, 2.24) is 0 Å². The molecule has 3 aliphatic rings. The molecule has 0 N–H and O–H groups in total. The highest BCUT2D eigenvalue weighted by molar-refractivity contribution is 5.90. The van der Waals surface area contributed by atoms with Crippen molar-refractivity contribution < 1.29 is 19.1 Å². The summed E-state index contributed by atoms with van der Waals surface area (Å²) in [6, 6.07) is 26.2. The molecular formula is C26H22O4. The van der Waals surface area contributed by atoms with Crippen LogP contribution in [0.1, 0.15) is 56.5 Å². The Morgan fingerprint density at radius 3 is 1.33 bits per heavy atom. The average molecular weight is 398 g/mol. The molecule has 4 heteroatoms. The third kappa shape index (κ3) is 3.28. The Labute approximate surface area is 175 Å². The molecule has 1 fully saturated rings. The van der Waals surface area contributed by atoms with Gasteiger partial charge in [0.15, 0.2) is 0 Å². The first-order valence-electron chi connectivity index (χ1n) is 10.3. The zero-order valence-corrected chi connectivity index (χ0v) is 16.4. The molecule has 0 saturated heterocycles. The first kappa shape index (κ1) is 18.6. The molecule has 4 unspecified atom stereocenters. The number of hydrogen-bond acceptors (Lipinski definition) is 4. The van der Waals surface area contributed by atoms with Crippen LogP contribution in [0.3, 0.4) is 0 Å². The number of carbonyl (C=O) groups is 2. The second-order valence-electron chi connectivity index (χ2n) is 7.89. The van der Waals surface area contributed by atoms with Gasteiger partial charge in [0.05, 0.1) is 11.1 Å². The highest BCUT2D eigenvalue weighted by atomic mass is 16.6. The minimum Gasteiger partial charge on any atom is -0.454 e. The number of hydrogen-bond donors (Lipinski definition) is 0. The number of carbonyl (C=O) groups excluding carboxylic acids is 2. The Balaban J connectivity index is 1.47. The predicted molar refractivity (Wildman–Crippen MR) is 112 cm³/mol. The van der Waals surface area contributed by atoms with Crippen molar-refractivity contribution >= 4 is 11.9 Å². The van der Waals surface area contributed by atoms with Gasteiger partial charge < -0.3 is 9.47 Å².